The number of hydrogen-bond donors (Lipinski definition) is 12. The van der Waals surface area contributed by atoms with Crippen LogP contribution in [0.5, 0.6) is 23.0 Å². The van der Waals surface area contributed by atoms with Crippen molar-refractivity contribution in [2.24, 2.45) is 0 Å². The van der Waals surface area contributed by atoms with Crippen LogP contribution in [-0.2, 0) is 25.4 Å². The van der Waals surface area contributed by atoms with Crippen molar-refractivity contribution in [3.63, 3.8) is 0 Å². The average molecular weight is 715 g/mol. The number of aliphatic hydroxyl groups excluding tert-OH is 9. The van der Waals surface area contributed by atoms with Crippen LogP contribution >= 0.6 is 0 Å². The Labute approximate surface area is 284 Å². The molecule has 0 bridgehead atoms. The molecule has 0 radical (unpaired) electrons. The van der Waals surface area contributed by atoms with Crippen molar-refractivity contribution >= 4 is 5.78 Å². The number of benzene rings is 2. The number of ether oxygens (including phenoxy) is 5. The quantitative estimate of drug-likeness (QED) is 0.102. The summed E-state index contributed by atoms with van der Waals surface area (Å²) in [5.41, 5.74) is -0.461. The van der Waals surface area contributed by atoms with Crippen LogP contribution in [0.4, 0.5) is 0 Å². The first-order chi connectivity index (χ1) is 23.7. The molecule has 18 heteroatoms. The summed E-state index contributed by atoms with van der Waals surface area (Å²) in [7, 11) is 0. The van der Waals surface area contributed by atoms with Crippen LogP contribution in [0.2, 0.25) is 0 Å². The van der Waals surface area contributed by atoms with Gasteiger partial charge < -0.3 is 85.0 Å². The van der Waals surface area contributed by atoms with Crippen LogP contribution in [0, 0.1) is 0 Å². The molecule has 0 spiro atoms. The van der Waals surface area contributed by atoms with Crippen molar-refractivity contribution in [3.8, 4) is 23.0 Å². The summed E-state index contributed by atoms with van der Waals surface area (Å²) in [5.74, 6) is -2.99. The molecule has 3 aliphatic rings. The Morgan fingerprint density at radius 1 is 0.740 bits per heavy atom. The Balaban J connectivity index is 1.44. The number of ketones is 1. The summed E-state index contributed by atoms with van der Waals surface area (Å²) in [6.45, 7) is -0.0737. The number of carbonyl (C=O) groups is 1. The van der Waals surface area contributed by atoms with Crippen LogP contribution in [-0.4, -0.2) is 160 Å². The Morgan fingerprint density at radius 2 is 1.32 bits per heavy atom. The number of aliphatic hydroxyl groups is 9. The van der Waals surface area contributed by atoms with Crippen molar-refractivity contribution in [2.75, 3.05) is 13.2 Å². The van der Waals surface area contributed by atoms with E-state index in [1.54, 1.807) is 12.1 Å². The monoisotopic (exact) mass is 714 g/mol. The van der Waals surface area contributed by atoms with Gasteiger partial charge in [0.1, 0.15) is 95.7 Å². The van der Waals surface area contributed by atoms with E-state index in [2.05, 4.69) is 0 Å². The summed E-state index contributed by atoms with van der Waals surface area (Å²) < 4.78 is 27.8. The minimum absolute atomic E-state index is 0.00152. The molecule has 14 atom stereocenters. The van der Waals surface area contributed by atoms with E-state index in [4.69, 9.17) is 23.7 Å². The minimum Gasteiger partial charge on any atom is -0.508 e. The molecule has 0 saturated carbocycles. The molecule has 50 heavy (non-hydrogen) atoms. The predicted molar refractivity (Wildman–Crippen MR) is 163 cm³/mol. The van der Waals surface area contributed by atoms with Gasteiger partial charge in [0.05, 0.1) is 24.9 Å². The molecule has 0 aromatic heterocycles. The van der Waals surface area contributed by atoms with Crippen molar-refractivity contribution < 1.29 is 89.8 Å². The number of rotatable bonds is 11. The van der Waals surface area contributed by atoms with Crippen LogP contribution < -0.4 is 4.74 Å². The van der Waals surface area contributed by atoms with Gasteiger partial charge in [0.2, 0.25) is 6.29 Å². The highest BCUT2D eigenvalue weighted by Gasteiger charge is 2.51. The maximum absolute atomic E-state index is 13.7. The molecule has 2 aromatic rings. The fourth-order valence-electron chi connectivity index (χ4n) is 6.23. The molecule has 2 aromatic carbocycles. The van der Waals surface area contributed by atoms with Crippen molar-refractivity contribution in [2.45, 2.75) is 106 Å². The Kier molecular flexibility index (Phi) is 11.8. The van der Waals surface area contributed by atoms with Gasteiger partial charge in [0, 0.05) is 12.5 Å². The molecule has 3 aliphatic heterocycles. The van der Waals surface area contributed by atoms with E-state index in [9.17, 15) is 66.1 Å². The van der Waals surface area contributed by atoms with Gasteiger partial charge in [-0.05, 0) is 31.0 Å². The Morgan fingerprint density at radius 3 is 1.94 bits per heavy atom. The van der Waals surface area contributed by atoms with E-state index in [1.807, 2.05) is 0 Å². The van der Waals surface area contributed by atoms with E-state index >= 15 is 0 Å². The van der Waals surface area contributed by atoms with Gasteiger partial charge in [-0.15, -0.1) is 0 Å². The summed E-state index contributed by atoms with van der Waals surface area (Å²) in [5, 5.41) is 125. The van der Waals surface area contributed by atoms with E-state index in [0.29, 0.717) is 5.56 Å². The van der Waals surface area contributed by atoms with Crippen molar-refractivity contribution in [1.29, 1.82) is 0 Å². The summed E-state index contributed by atoms with van der Waals surface area (Å²) in [4.78, 5) is 13.7. The molecular formula is C32H42O18. The SMILES string of the molecule is CC1OC(c2c(O)cc(OC3OC(CO)C(O)C3O)c(C(=O)CCc3ccc(O)cc3)c2O)C(O)C(O)C1OC1OC(CO)C(O)C(O)C1O. The second kappa shape index (κ2) is 15.6. The highest BCUT2D eigenvalue weighted by molar-refractivity contribution is 6.02. The Hall–Kier alpha value is -3.21. The van der Waals surface area contributed by atoms with Crippen molar-refractivity contribution in [3.05, 3.63) is 47.0 Å². The maximum atomic E-state index is 13.7. The lowest BCUT2D eigenvalue weighted by Crippen LogP contribution is -2.62. The fraction of sp³-hybridized carbons (Fsp3) is 0.594. The molecule has 5 rings (SSSR count). The predicted octanol–water partition coefficient (Wildman–Crippen LogP) is -3.20. The smallest absolute Gasteiger partial charge is 0.229 e. The topological polar surface area (TPSA) is 306 Å². The van der Waals surface area contributed by atoms with Gasteiger partial charge >= 0.3 is 0 Å². The highest BCUT2D eigenvalue weighted by Crippen LogP contribution is 2.47. The standard InChI is InChI=1S/C32H42O18/c1-11-29(50-32-28(45)24(41)21(38)17(9-33)49-32)25(42)26(43)30(46-11)20-15(37)8-16(47-31-27(44)22(39)18(10-34)48-31)19(23(20)40)14(36)7-4-12-2-5-13(35)6-3-12/h2-3,5-6,8,11,17-18,21-22,24-35,37-45H,4,7,9-10H2,1H3. The molecule has 278 valence electrons. The third-order valence-corrected chi connectivity index (χ3v) is 9.12. The molecule has 18 nitrogen and oxygen atoms in total. The largest absolute Gasteiger partial charge is 0.508 e. The molecule has 3 heterocycles. The van der Waals surface area contributed by atoms with E-state index in [1.165, 1.54) is 19.1 Å². The number of carbonyl (C=O) groups excluding carboxylic acids is 1. The van der Waals surface area contributed by atoms with Gasteiger partial charge in [-0.1, -0.05) is 12.1 Å². The second-order valence-electron chi connectivity index (χ2n) is 12.5. The third-order valence-electron chi connectivity index (χ3n) is 9.12. The van der Waals surface area contributed by atoms with E-state index in [-0.39, 0.29) is 18.6 Å². The molecule has 3 fully saturated rings. The lowest BCUT2D eigenvalue weighted by molar-refractivity contribution is -0.339. The van der Waals surface area contributed by atoms with E-state index in [0.717, 1.165) is 6.07 Å². The lowest BCUT2D eigenvalue weighted by atomic mass is 9.88. The van der Waals surface area contributed by atoms with Crippen LogP contribution in [0.3, 0.4) is 0 Å². The minimum atomic E-state index is -1.98. The molecule has 0 amide bonds. The number of phenols is 3. The normalized spacial score (nSPS) is 37.5. The molecule has 3 saturated heterocycles. The zero-order valence-corrected chi connectivity index (χ0v) is 26.6. The highest BCUT2D eigenvalue weighted by atomic mass is 16.7. The van der Waals surface area contributed by atoms with Crippen LogP contribution in [0.15, 0.2) is 30.3 Å². The van der Waals surface area contributed by atoms with Crippen LogP contribution in [0.25, 0.3) is 0 Å². The van der Waals surface area contributed by atoms with Gasteiger partial charge in [0.15, 0.2) is 12.1 Å². The zero-order valence-electron chi connectivity index (χ0n) is 26.6. The second-order valence-corrected chi connectivity index (χ2v) is 12.5. The summed E-state index contributed by atoms with van der Waals surface area (Å²) >= 11 is 0. The van der Waals surface area contributed by atoms with Crippen molar-refractivity contribution in [1.82, 2.24) is 0 Å². The third kappa shape index (κ3) is 7.39. The fourth-order valence-corrected chi connectivity index (χ4v) is 6.23. The molecular weight excluding hydrogens is 672 g/mol. The first kappa shape index (κ1) is 38.0. The first-order valence-corrected chi connectivity index (χ1v) is 15.8. The number of Topliss-reactive ketones (excluding diaryl/α,β-unsaturated/α-hetero) is 1. The van der Waals surface area contributed by atoms with E-state index < -0.39 is 133 Å². The number of aryl methyl sites for hydroxylation is 1. The Bertz CT molecular complexity index is 1470. The summed E-state index contributed by atoms with van der Waals surface area (Å²) in [6, 6.07) is 6.84. The number of hydrogen-bond acceptors (Lipinski definition) is 18. The number of aromatic hydroxyl groups is 3. The van der Waals surface area contributed by atoms with Gasteiger partial charge in [-0.25, -0.2) is 0 Å². The number of phenolic OH excluding ortho intramolecular Hbond substituents is 3. The molecule has 12 N–H and O–H groups in total. The maximum Gasteiger partial charge on any atom is 0.229 e. The lowest BCUT2D eigenvalue weighted by Gasteiger charge is -2.46. The first-order valence-electron chi connectivity index (χ1n) is 15.8. The van der Waals surface area contributed by atoms with Crippen LogP contribution in [0.1, 0.15) is 40.9 Å². The molecule has 0 aliphatic carbocycles. The average Bonchev–Trinajstić information content (AvgIpc) is 3.36. The van der Waals surface area contributed by atoms with Gasteiger partial charge in [-0.2, -0.15) is 0 Å². The van der Waals surface area contributed by atoms with Gasteiger partial charge in [0.25, 0.3) is 0 Å². The zero-order chi connectivity index (χ0) is 36.6. The van der Waals surface area contributed by atoms with Gasteiger partial charge in [-0.3, -0.25) is 4.79 Å². The molecule has 14 unspecified atom stereocenters. The summed E-state index contributed by atoms with van der Waals surface area (Å²) in [6.07, 6.45) is -23.0.